The Bertz CT molecular complexity index is 791. The number of benzene rings is 1. The number of fused-ring (bicyclic) bond motifs is 1. The molecule has 0 bridgehead atoms. The Morgan fingerprint density at radius 2 is 2.08 bits per heavy atom. The van der Waals surface area contributed by atoms with Crippen molar-refractivity contribution in [3.63, 3.8) is 0 Å². The highest BCUT2D eigenvalue weighted by Crippen LogP contribution is 2.27. The summed E-state index contributed by atoms with van der Waals surface area (Å²) in [5.41, 5.74) is 0.558. The minimum Gasteiger partial charge on any atom is -0.349 e. The SMILES string of the molecule is CCCN(C(=O)CN(C)C1=NS(=O)(=O)c2ccccc21)C1CCNC1.Cl. The van der Waals surface area contributed by atoms with Gasteiger partial charge in [-0.25, -0.2) is 0 Å². The second kappa shape index (κ2) is 8.37. The third kappa shape index (κ3) is 4.02. The Balaban J connectivity index is 0.00000243. The second-order valence-corrected chi connectivity index (χ2v) is 8.05. The Labute approximate surface area is 160 Å². The van der Waals surface area contributed by atoms with Crippen LogP contribution >= 0.6 is 12.4 Å². The van der Waals surface area contributed by atoms with Crippen LogP contribution < -0.4 is 5.32 Å². The fourth-order valence-electron chi connectivity index (χ4n) is 3.39. The fourth-order valence-corrected chi connectivity index (χ4v) is 4.64. The first-order valence-corrected chi connectivity index (χ1v) is 10.0. The molecule has 1 saturated heterocycles. The Hall–Kier alpha value is -1.64. The Kier molecular flexibility index (Phi) is 6.65. The molecule has 1 atom stereocenters. The molecule has 1 amide bonds. The first-order chi connectivity index (χ1) is 11.9. The minimum atomic E-state index is -3.67. The molecule has 1 aromatic rings. The summed E-state index contributed by atoms with van der Waals surface area (Å²) in [6.07, 6.45) is 1.84. The van der Waals surface area contributed by atoms with Crippen LogP contribution in [0, 0.1) is 0 Å². The summed E-state index contributed by atoms with van der Waals surface area (Å²) >= 11 is 0. The van der Waals surface area contributed by atoms with Crippen molar-refractivity contribution in [3.8, 4) is 0 Å². The minimum absolute atomic E-state index is 0. The highest BCUT2D eigenvalue weighted by atomic mass is 35.5. The molecule has 0 radical (unpaired) electrons. The van der Waals surface area contributed by atoms with Crippen molar-refractivity contribution in [1.82, 2.24) is 15.1 Å². The van der Waals surface area contributed by atoms with Crippen molar-refractivity contribution < 1.29 is 13.2 Å². The number of carbonyl (C=O) groups is 1. The van der Waals surface area contributed by atoms with Crippen LogP contribution in [-0.2, 0) is 14.8 Å². The van der Waals surface area contributed by atoms with Gasteiger partial charge in [0.15, 0.2) is 5.84 Å². The maximum atomic E-state index is 12.8. The lowest BCUT2D eigenvalue weighted by molar-refractivity contribution is -0.133. The van der Waals surface area contributed by atoms with Crippen molar-refractivity contribution >= 4 is 34.2 Å². The molecule has 0 aromatic heterocycles. The molecule has 0 saturated carbocycles. The van der Waals surface area contributed by atoms with Crippen molar-refractivity contribution in [1.29, 1.82) is 0 Å². The highest BCUT2D eigenvalue weighted by molar-refractivity contribution is 7.90. The molecule has 1 N–H and O–H groups in total. The van der Waals surface area contributed by atoms with Crippen LogP contribution in [0.3, 0.4) is 0 Å². The molecule has 2 aliphatic rings. The van der Waals surface area contributed by atoms with Gasteiger partial charge in [0.1, 0.15) is 4.90 Å². The summed E-state index contributed by atoms with van der Waals surface area (Å²) in [5.74, 6) is 0.340. The first kappa shape index (κ1) is 20.7. The summed E-state index contributed by atoms with van der Waals surface area (Å²) in [4.78, 5) is 16.6. The van der Waals surface area contributed by atoms with Gasteiger partial charge in [0.25, 0.3) is 10.0 Å². The van der Waals surface area contributed by atoms with Crippen molar-refractivity contribution in [3.05, 3.63) is 29.8 Å². The van der Waals surface area contributed by atoms with E-state index in [-0.39, 0.29) is 35.8 Å². The first-order valence-electron chi connectivity index (χ1n) is 8.59. The predicted octanol–water partition coefficient (Wildman–Crippen LogP) is 1.09. The molecule has 7 nitrogen and oxygen atoms in total. The molecule has 2 heterocycles. The van der Waals surface area contributed by atoms with Gasteiger partial charge in [0, 0.05) is 31.7 Å². The van der Waals surface area contributed by atoms with E-state index < -0.39 is 10.0 Å². The molecule has 1 unspecified atom stereocenters. The van der Waals surface area contributed by atoms with E-state index in [9.17, 15) is 13.2 Å². The van der Waals surface area contributed by atoms with Crippen molar-refractivity contribution in [2.24, 2.45) is 4.40 Å². The predicted molar refractivity (Wildman–Crippen MR) is 103 cm³/mol. The molecule has 144 valence electrons. The monoisotopic (exact) mass is 400 g/mol. The van der Waals surface area contributed by atoms with Crippen molar-refractivity contribution in [2.75, 3.05) is 33.2 Å². The number of amidine groups is 1. The molecule has 1 fully saturated rings. The van der Waals surface area contributed by atoms with E-state index in [1.807, 2.05) is 4.90 Å². The number of hydrogen-bond donors (Lipinski definition) is 1. The molecule has 3 rings (SSSR count). The van der Waals surface area contributed by atoms with Gasteiger partial charge in [-0.15, -0.1) is 16.8 Å². The van der Waals surface area contributed by atoms with Gasteiger partial charge < -0.3 is 15.1 Å². The summed E-state index contributed by atoms with van der Waals surface area (Å²) in [6.45, 7) is 4.61. The summed E-state index contributed by atoms with van der Waals surface area (Å²) in [6, 6.07) is 6.94. The molecule has 26 heavy (non-hydrogen) atoms. The topological polar surface area (TPSA) is 82.1 Å². The zero-order valence-corrected chi connectivity index (χ0v) is 16.6. The number of likely N-dealkylation sites (N-methyl/N-ethyl adjacent to an activating group) is 1. The van der Waals surface area contributed by atoms with Crippen LogP contribution in [0.1, 0.15) is 25.3 Å². The number of carbonyl (C=O) groups excluding carboxylic acids is 1. The van der Waals surface area contributed by atoms with E-state index >= 15 is 0 Å². The standard InChI is InChI=1S/C17H24N4O3S.ClH/c1-3-10-21(13-8-9-18-11-13)16(22)12-20(2)17-14-6-4-5-7-15(14)25(23,24)19-17;/h4-7,13,18H,3,8-12H2,1-2H3;1H. The van der Waals surface area contributed by atoms with E-state index in [0.717, 1.165) is 25.9 Å². The number of halogens is 1. The average Bonchev–Trinajstić information content (AvgIpc) is 3.19. The second-order valence-electron chi connectivity index (χ2n) is 6.48. The number of hydrogen-bond acceptors (Lipinski definition) is 5. The number of sulfonamides is 1. The molecule has 9 heteroatoms. The maximum absolute atomic E-state index is 12.8. The largest absolute Gasteiger partial charge is 0.349 e. The van der Waals surface area contributed by atoms with Crippen LogP contribution in [0.25, 0.3) is 0 Å². The number of nitrogens with one attached hydrogen (secondary N) is 1. The molecular weight excluding hydrogens is 376 g/mol. The van der Waals surface area contributed by atoms with Gasteiger partial charge >= 0.3 is 0 Å². The normalized spacial score (nSPS) is 20.1. The van der Waals surface area contributed by atoms with Crippen LogP contribution in [0.15, 0.2) is 33.6 Å². The Morgan fingerprint density at radius 3 is 2.73 bits per heavy atom. The van der Waals surface area contributed by atoms with E-state index in [0.29, 0.717) is 17.9 Å². The molecule has 0 aliphatic carbocycles. The molecule has 1 aromatic carbocycles. The van der Waals surface area contributed by atoms with Crippen LogP contribution in [0.2, 0.25) is 0 Å². The zero-order valence-electron chi connectivity index (χ0n) is 15.0. The third-order valence-electron chi connectivity index (χ3n) is 4.61. The smallest absolute Gasteiger partial charge is 0.285 e. The van der Waals surface area contributed by atoms with E-state index in [1.165, 1.54) is 0 Å². The average molecular weight is 401 g/mol. The molecule has 0 spiro atoms. The zero-order chi connectivity index (χ0) is 18.0. The van der Waals surface area contributed by atoms with Gasteiger partial charge in [-0.2, -0.15) is 8.42 Å². The molecular formula is C17H25ClN4O3S. The van der Waals surface area contributed by atoms with E-state index in [1.54, 1.807) is 36.2 Å². The Morgan fingerprint density at radius 1 is 1.35 bits per heavy atom. The number of rotatable bonds is 5. The fraction of sp³-hybridized carbons (Fsp3) is 0.529. The highest BCUT2D eigenvalue weighted by Gasteiger charge is 2.32. The molecule has 2 aliphatic heterocycles. The van der Waals surface area contributed by atoms with Crippen molar-refractivity contribution in [2.45, 2.75) is 30.7 Å². The lowest BCUT2D eigenvalue weighted by Gasteiger charge is -2.30. The third-order valence-corrected chi connectivity index (χ3v) is 5.93. The maximum Gasteiger partial charge on any atom is 0.285 e. The van der Waals surface area contributed by atoms with Crippen LogP contribution in [0.5, 0.6) is 0 Å². The summed E-state index contributed by atoms with van der Waals surface area (Å²) < 4.78 is 28.2. The van der Waals surface area contributed by atoms with E-state index in [4.69, 9.17) is 0 Å². The van der Waals surface area contributed by atoms with Crippen LogP contribution in [0.4, 0.5) is 0 Å². The van der Waals surface area contributed by atoms with Gasteiger partial charge in [0.05, 0.1) is 6.54 Å². The lowest BCUT2D eigenvalue weighted by atomic mass is 10.2. The summed E-state index contributed by atoms with van der Waals surface area (Å²) in [5, 5.41) is 3.29. The number of nitrogens with zero attached hydrogens (tertiary/aromatic N) is 3. The van der Waals surface area contributed by atoms with Gasteiger partial charge in [-0.3, -0.25) is 4.79 Å². The van der Waals surface area contributed by atoms with Gasteiger partial charge in [-0.1, -0.05) is 19.1 Å². The van der Waals surface area contributed by atoms with Crippen LogP contribution in [-0.4, -0.2) is 69.2 Å². The van der Waals surface area contributed by atoms with Gasteiger partial charge in [0.2, 0.25) is 5.91 Å². The quantitative estimate of drug-likeness (QED) is 0.800. The number of amides is 1. The van der Waals surface area contributed by atoms with E-state index in [2.05, 4.69) is 16.6 Å². The summed E-state index contributed by atoms with van der Waals surface area (Å²) in [7, 11) is -1.96. The lowest BCUT2D eigenvalue weighted by Crippen LogP contribution is -2.47. The van der Waals surface area contributed by atoms with Gasteiger partial charge in [-0.05, 0) is 31.5 Å².